The second-order valence-electron chi connectivity index (χ2n) is 4.69. The molecule has 1 saturated carbocycles. The average molecular weight is 283 g/mol. The number of sulfonamides is 1. The molecule has 19 heavy (non-hydrogen) atoms. The van der Waals surface area contributed by atoms with Crippen molar-refractivity contribution in [3.8, 4) is 0 Å². The molecule has 0 spiro atoms. The van der Waals surface area contributed by atoms with Crippen LogP contribution in [-0.4, -0.2) is 28.0 Å². The van der Waals surface area contributed by atoms with Crippen LogP contribution in [0, 0.1) is 5.92 Å². The molecule has 1 aromatic carbocycles. The average Bonchev–Trinajstić information content (AvgIpc) is 3.21. The van der Waals surface area contributed by atoms with E-state index >= 15 is 0 Å². The molecule has 0 radical (unpaired) electrons. The van der Waals surface area contributed by atoms with E-state index in [9.17, 15) is 13.2 Å². The van der Waals surface area contributed by atoms with Crippen molar-refractivity contribution in [1.29, 1.82) is 0 Å². The van der Waals surface area contributed by atoms with Gasteiger partial charge in [0.05, 0.1) is 18.4 Å². The summed E-state index contributed by atoms with van der Waals surface area (Å²) in [6.07, 6.45) is 2.34. The van der Waals surface area contributed by atoms with E-state index in [0.29, 0.717) is 12.5 Å². The molecule has 6 heteroatoms. The van der Waals surface area contributed by atoms with Crippen LogP contribution in [0.3, 0.4) is 0 Å². The van der Waals surface area contributed by atoms with Crippen molar-refractivity contribution in [2.45, 2.75) is 24.2 Å². The Morgan fingerprint density at radius 2 is 1.95 bits per heavy atom. The minimum atomic E-state index is -3.43. The molecule has 0 bridgehead atoms. The topological polar surface area (TPSA) is 72.5 Å². The highest BCUT2D eigenvalue weighted by atomic mass is 32.2. The number of nitrogens with one attached hydrogen (secondary N) is 1. The maximum atomic E-state index is 12.0. The minimum Gasteiger partial charge on any atom is -0.469 e. The number of carbonyl (C=O) groups excluding carboxylic acids is 1. The van der Waals surface area contributed by atoms with Crippen LogP contribution in [0.5, 0.6) is 0 Å². The van der Waals surface area contributed by atoms with Gasteiger partial charge in [-0.3, -0.25) is 4.79 Å². The predicted octanol–water partition coefficient (Wildman–Crippen LogP) is 1.09. The molecule has 1 aromatic rings. The fourth-order valence-electron chi connectivity index (χ4n) is 1.66. The fraction of sp³-hybridized carbons (Fsp3) is 0.462. The number of hydrogen-bond acceptors (Lipinski definition) is 4. The van der Waals surface area contributed by atoms with Gasteiger partial charge in [0.2, 0.25) is 10.0 Å². The number of benzene rings is 1. The van der Waals surface area contributed by atoms with Gasteiger partial charge in [0.15, 0.2) is 0 Å². The maximum Gasteiger partial charge on any atom is 0.309 e. The lowest BCUT2D eigenvalue weighted by molar-refractivity contribution is -0.139. The highest BCUT2D eigenvalue weighted by Crippen LogP contribution is 2.28. The van der Waals surface area contributed by atoms with E-state index < -0.39 is 10.0 Å². The molecule has 104 valence electrons. The Hall–Kier alpha value is -1.40. The number of ether oxygens (including phenoxy) is 1. The minimum absolute atomic E-state index is 0.145. The number of esters is 1. The Kier molecular flexibility index (Phi) is 4.21. The summed E-state index contributed by atoms with van der Waals surface area (Å²) in [6.45, 7) is 0.506. The number of methoxy groups -OCH3 is 1. The lowest BCUT2D eigenvalue weighted by Crippen LogP contribution is -2.25. The molecule has 0 aliphatic heterocycles. The molecule has 0 aromatic heterocycles. The van der Waals surface area contributed by atoms with Crippen LogP contribution >= 0.6 is 0 Å². The first-order valence-corrected chi connectivity index (χ1v) is 7.65. The van der Waals surface area contributed by atoms with Crippen LogP contribution in [0.1, 0.15) is 18.4 Å². The third-order valence-corrected chi connectivity index (χ3v) is 4.51. The van der Waals surface area contributed by atoms with Crippen LogP contribution in [0.2, 0.25) is 0 Å². The van der Waals surface area contributed by atoms with E-state index in [1.54, 1.807) is 12.1 Å². The van der Waals surface area contributed by atoms with Gasteiger partial charge in [-0.1, -0.05) is 12.1 Å². The Balaban J connectivity index is 2.01. The summed E-state index contributed by atoms with van der Waals surface area (Å²) in [4.78, 5) is 11.3. The molecule has 1 N–H and O–H groups in total. The smallest absolute Gasteiger partial charge is 0.309 e. The zero-order chi connectivity index (χ0) is 13.9. The third kappa shape index (κ3) is 4.04. The normalized spacial score (nSPS) is 15.2. The van der Waals surface area contributed by atoms with Crippen molar-refractivity contribution < 1.29 is 17.9 Å². The lowest BCUT2D eigenvalue weighted by atomic mass is 10.2. The van der Waals surface area contributed by atoms with Gasteiger partial charge in [-0.2, -0.15) is 0 Å². The van der Waals surface area contributed by atoms with Gasteiger partial charge in [-0.25, -0.2) is 13.1 Å². The number of hydrogen-bond donors (Lipinski definition) is 1. The second kappa shape index (κ2) is 5.71. The van der Waals surface area contributed by atoms with E-state index in [4.69, 9.17) is 0 Å². The van der Waals surface area contributed by atoms with Crippen LogP contribution in [0.15, 0.2) is 29.2 Å². The first kappa shape index (κ1) is 14.0. The largest absolute Gasteiger partial charge is 0.469 e. The molecule has 0 unspecified atom stereocenters. The standard InChI is InChI=1S/C13H17NO4S/c1-18-13(15)8-10-4-6-12(7-5-10)19(16,17)14-9-11-2-3-11/h4-7,11,14H,2-3,8-9H2,1H3. The molecular formula is C13H17NO4S. The molecule has 0 atom stereocenters. The van der Waals surface area contributed by atoms with Crippen LogP contribution in [0.4, 0.5) is 0 Å². The van der Waals surface area contributed by atoms with E-state index in [0.717, 1.165) is 18.4 Å². The highest BCUT2D eigenvalue weighted by molar-refractivity contribution is 7.89. The van der Waals surface area contributed by atoms with Crippen molar-refractivity contribution in [3.05, 3.63) is 29.8 Å². The van der Waals surface area contributed by atoms with E-state index in [1.807, 2.05) is 0 Å². The molecule has 1 aliphatic rings. The van der Waals surface area contributed by atoms with Gasteiger partial charge in [-0.05, 0) is 36.5 Å². The molecule has 0 heterocycles. The van der Waals surface area contributed by atoms with E-state index in [2.05, 4.69) is 9.46 Å². The van der Waals surface area contributed by atoms with Crippen LogP contribution < -0.4 is 4.72 Å². The Morgan fingerprint density at radius 1 is 1.32 bits per heavy atom. The van der Waals surface area contributed by atoms with Gasteiger partial charge in [0.1, 0.15) is 0 Å². The Labute approximate surface area is 113 Å². The van der Waals surface area contributed by atoms with Crippen molar-refractivity contribution in [3.63, 3.8) is 0 Å². The highest BCUT2D eigenvalue weighted by Gasteiger charge is 2.24. The van der Waals surface area contributed by atoms with Gasteiger partial charge in [0, 0.05) is 6.54 Å². The molecule has 0 saturated heterocycles. The fourth-order valence-corrected chi connectivity index (χ4v) is 2.77. The summed E-state index contributed by atoms with van der Waals surface area (Å²) in [6, 6.07) is 6.27. The summed E-state index contributed by atoms with van der Waals surface area (Å²) in [7, 11) is -2.11. The summed E-state index contributed by atoms with van der Waals surface area (Å²) < 4.78 is 31.0. The molecule has 1 aliphatic carbocycles. The van der Waals surface area contributed by atoms with Crippen molar-refractivity contribution in [1.82, 2.24) is 4.72 Å². The second-order valence-corrected chi connectivity index (χ2v) is 6.46. The van der Waals surface area contributed by atoms with Gasteiger partial charge in [0.25, 0.3) is 0 Å². The lowest BCUT2D eigenvalue weighted by Gasteiger charge is -2.07. The van der Waals surface area contributed by atoms with Gasteiger partial charge in [-0.15, -0.1) is 0 Å². The molecule has 1 fully saturated rings. The number of rotatable bonds is 6. The van der Waals surface area contributed by atoms with E-state index in [1.165, 1.54) is 19.2 Å². The zero-order valence-electron chi connectivity index (χ0n) is 10.8. The molecule has 0 amide bonds. The van der Waals surface area contributed by atoms with Crippen molar-refractivity contribution in [2.24, 2.45) is 5.92 Å². The molecule has 2 rings (SSSR count). The predicted molar refractivity (Wildman–Crippen MR) is 70.1 cm³/mol. The molecular weight excluding hydrogens is 266 g/mol. The van der Waals surface area contributed by atoms with Gasteiger partial charge >= 0.3 is 5.97 Å². The van der Waals surface area contributed by atoms with Gasteiger partial charge < -0.3 is 4.74 Å². The van der Waals surface area contributed by atoms with Crippen molar-refractivity contribution in [2.75, 3.05) is 13.7 Å². The Morgan fingerprint density at radius 3 is 2.47 bits per heavy atom. The van der Waals surface area contributed by atoms with Crippen LogP contribution in [-0.2, 0) is 26.0 Å². The maximum absolute atomic E-state index is 12.0. The SMILES string of the molecule is COC(=O)Cc1ccc(S(=O)(=O)NCC2CC2)cc1. The third-order valence-electron chi connectivity index (χ3n) is 3.07. The van der Waals surface area contributed by atoms with E-state index in [-0.39, 0.29) is 17.3 Å². The first-order valence-electron chi connectivity index (χ1n) is 6.16. The number of carbonyl (C=O) groups is 1. The quantitative estimate of drug-likeness (QED) is 0.793. The van der Waals surface area contributed by atoms with Crippen molar-refractivity contribution >= 4 is 16.0 Å². The summed E-state index contributed by atoms with van der Waals surface area (Å²) in [5.74, 6) is 0.149. The summed E-state index contributed by atoms with van der Waals surface area (Å²) >= 11 is 0. The molecule has 5 nitrogen and oxygen atoms in total. The Bertz CT molecular complexity index is 547. The summed E-state index contributed by atoms with van der Waals surface area (Å²) in [5, 5.41) is 0. The monoisotopic (exact) mass is 283 g/mol. The first-order chi connectivity index (χ1) is 9.01. The van der Waals surface area contributed by atoms with Crippen LogP contribution in [0.25, 0.3) is 0 Å². The zero-order valence-corrected chi connectivity index (χ0v) is 11.6. The summed E-state index contributed by atoms with van der Waals surface area (Å²) in [5.41, 5.74) is 0.730.